The van der Waals surface area contributed by atoms with Gasteiger partial charge >= 0.3 is 19.5 Å². The topological polar surface area (TPSA) is 106 Å². The van der Waals surface area contributed by atoms with Crippen molar-refractivity contribution >= 4 is 0 Å². The van der Waals surface area contributed by atoms with Gasteiger partial charge in [-0.15, -0.1) is 0 Å². The summed E-state index contributed by atoms with van der Waals surface area (Å²) >= 11 is 0. The van der Waals surface area contributed by atoms with Gasteiger partial charge in [0.2, 0.25) is 0 Å². The van der Waals surface area contributed by atoms with E-state index in [9.17, 15) is 0 Å². The van der Waals surface area contributed by atoms with Gasteiger partial charge in [-0.25, -0.2) is 0 Å². The zero-order valence-electron chi connectivity index (χ0n) is 18.7. The maximum Gasteiger partial charge on any atom is 2.00 e. The van der Waals surface area contributed by atoms with Crippen LogP contribution in [0, 0.1) is 13.8 Å². The standard InChI is InChI=1S/C22H24N8.Zn/c1-13-7-15(29-27-13)17-9-23-11-19(25-17)21(3,4)22(5,6)20-12-24-10-18(26-20)16-8-14(2)28-30-16;/h7-12H,1-6H3;/q-2;+2. The first-order valence-electron chi connectivity index (χ1n) is 9.78. The van der Waals surface area contributed by atoms with Gasteiger partial charge in [0.25, 0.3) is 0 Å². The fourth-order valence-electron chi connectivity index (χ4n) is 3.25. The third-order valence-corrected chi connectivity index (χ3v) is 5.96. The second kappa shape index (κ2) is 8.38. The van der Waals surface area contributed by atoms with Gasteiger partial charge in [-0.3, -0.25) is 19.9 Å². The van der Waals surface area contributed by atoms with Crippen LogP contribution >= 0.6 is 0 Å². The average Bonchev–Trinajstić information content (AvgIpc) is 3.36. The van der Waals surface area contributed by atoms with Crippen LogP contribution < -0.4 is 10.2 Å². The summed E-state index contributed by atoms with van der Waals surface area (Å²) < 4.78 is 0. The molecule has 0 saturated carbocycles. The van der Waals surface area contributed by atoms with Crippen molar-refractivity contribution in [1.82, 2.24) is 40.3 Å². The SMILES string of the molecule is Cc1cc(-c2cncc(C(C)(C)C(C)(C)c3cncc(-c4cc(C)n[n-]4)n3)n2)[n-]n1.[Zn+2]. The number of aryl methyl sites for hydroxylation is 2. The second-order valence-corrected chi connectivity index (χ2v) is 8.57. The Morgan fingerprint density at radius 3 is 1.35 bits per heavy atom. The number of hydrogen-bond donors (Lipinski definition) is 0. The van der Waals surface area contributed by atoms with E-state index in [1.54, 1.807) is 24.8 Å². The molecule has 0 saturated heterocycles. The molecule has 0 radical (unpaired) electrons. The molecule has 0 atom stereocenters. The molecule has 0 aliphatic heterocycles. The Balaban J connectivity index is 0.00000272. The van der Waals surface area contributed by atoms with E-state index in [2.05, 4.69) is 58.1 Å². The van der Waals surface area contributed by atoms with Crippen LogP contribution in [-0.2, 0) is 30.3 Å². The normalized spacial score (nSPS) is 11.9. The van der Waals surface area contributed by atoms with Gasteiger partial charge in [-0.1, -0.05) is 51.2 Å². The Bertz CT molecular complexity index is 1100. The van der Waals surface area contributed by atoms with Crippen molar-refractivity contribution in [2.24, 2.45) is 0 Å². The summed E-state index contributed by atoms with van der Waals surface area (Å²) in [5.74, 6) is 0. The first kappa shape index (κ1) is 22.9. The number of aromatic nitrogens is 8. The average molecular weight is 466 g/mol. The molecule has 31 heavy (non-hydrogen) atoms. The summed E-state index contributed by atoms with van der Waals surface area (Å²) in [7, 11) is 0. The molecule has 0 unspecified atom stereocenters. The van der Waals surface area contributed by atoms with E-state index >= 15 is 0 Å². The fourth-order valence-corrected chi connectivity index (χ4v) is 3.25. The molecule has 0 fully saturated rings. The third kappa shape index (κ3) is 4.19. The quantitative estimate of drug-likeness (QED) is 0.414. The van der Waals surface area contributed by atoms with Gasteiger partial charge in [-0.05, 0) is 13.8 Å². The molecular formula is C22H24N8Zn. The minimum Gasteiger partial charge on any atom is -0.573 e. The molecule has 0 aromatic carbocycles. The van der Waals surface area contributed by atoms with E-state index in [0.29, 0.717) is 11.4 Å². The smallest absolute Gasteiger partial charge is 0.573 e. The van der Waals surface area contributed by atoms with Crippen LogP contribution in [-0.4, -0.2) is 30.1 Å². The zero-order chi connectivity index (χ0) is 21.5. The molecule has 4 heterocycles. The Kier molecular flexibility index (Phi) is 6.19. The molecule has 4 aromatic heterocycles. The molecule has 0 N–H and O–H groups in total. The minimum atomic E-state index is -0.397. The summed E-state index contributed by atoms with van der Waals surface area (Å²) in [4.78, 5) is 18.6. The fraction of sp³-hybridized carbons (Fsp3) is 0.364. The van der Waals surface area contributed by atoms with Crippen molar-refractivity contribution < 1.29 is 19.5 Å². The molecule has 0 amide bonds. The summed E-state index contributed by atoms with van der Waals surface area (Å²) in [5, 5.41) is 16.5. The largest absolute Gasteiger partial charge is 2.00 e. The summed E-state index contributed by atoms with van der Waals surface area (Å²) in [6.07, 6.45) is 7.04. The van der Waals surface area contributed by atoms with Gasteiger partial charge in [-0.2, -0.15) is 0 Å². The van der Waals surface area contributed by atoms with E-state index in [-0.39, 0.29) is 19.5 Å². The maximum atomic E-state index is 4.87. The molecule has 0 aliphatic carbocycles. The van der Waals surface area contributed by atoms with Gasteiger partial charge < -0.3 is 20.4 Å². The second-order valence-electron chi connectivity index (χ2n) is 8.57. The Morgan fingerprint density at radius 1 is 0.645 bits per heavy atom. The molecule has 0 bridgehead atoms. The van der Waals surface area contributed by atoms with E-state index in [0.717, 1.165) is 34.2 Å². The Labute approximate surface area is 194 Å². The molecule has 4 rings (SSSR count). The summed E-state index contributed by atoms with van der Waals surface area (Å²) in [6.45, 7) is 12.4. The molecular weight excluding hydrogens is 442 g/mol. The van der Waals surface area contributed by atoms with Crippen molar-refractivity contribution in [3.8, 4) is 22.8 Å². The van der Waals surface area contributed by atoms with Crippen LogP contribution in [0.4, 0.5) is 0 Å². The predicted molar refractivity (Wildman–Crippen MR) is 113 cm³/mol. The zero-order valence-corrected chi connectivity index (χ0v) is 21.7. The van der Waals surface area contributed by atoms with Crippen LogP contribution in [0.25, 0.3) is 22.8 Å². The first-order chi connectivity index (χ1) is 14.2. The van der Waals surface area contributed by atoms with Crippen molar-refractivity contribution in [2.45, 2.75) is 52.4 Å². The van der Waals surface area contributed by atoms with Crippen molar-refractivity contribution in [3.05, 3.63) is 59.7 Å². The number of rotatable bonds is 5. The van der Waals surface area contributed by atoms with Crippen LogP contribution in [0.2, 0.25) is 0 Å². The van der Waals surface area contributed by atoms with Crippen LogP contribution in [0.3, 0.4) is 0 Å². The van der Waals surface area contributed by atoms with Crippen LogP contribution in [0.15, 0.2) is 36.9 Å². The summed E-state index contributed by atoms with van der Waals surface area (Å²) in [6, 6.07) is 3.81. The van der Waals surface area contributed by atoms with Crippen LogP contribution in [0.5, 0.6) is 0 Å². The van der Waals surface area contributed by atoms with Crippen molar-refractivity contribution in [2.75, 3.05) is 0 Å². The van der Waals surface area contributed by atoms with Crippen LogP contribution in [0.1, 0.15) is 50.5 Å². The van der Waals surface area contributed by atoms with E-state index < -0.39 is 10.8 Å². The van der Waals surface area contributed by atoms with Gasteiger partial charge in [0.05, 0.1) is 35.2 Å². The van der Waals surface area contributed by atoms with E-state index in [4.69, 9.17) is 9.97 Å². The Hall–Kier alpha value is -2.80. The van der Waals surface area contributed by atoms with Gasteiger partial charge in [0.15, 0.2) is 0 Å². The van der Waals surface area contributed by atoms with E-state index in [1.165, 1.54) is 0 Å². The molecule has 8 nitrogen and oxygen atoms in total. The molecule has 4 aromatic rings. The van der Waals surface area contributed by atoms with Gasteiger partial charge in [0, 0.05) is 34.6 Å². The summed E-state index contributed by atoms with van der Waals surface area (Å²) in [5.41, 5.74) is 5.48. The minimum absolute atomic E-state index is 0. The predicted octanol–water partition coefficient (Wildman–Crippen LogP) is 3.17. The van der Waals surface area contributed by atoms with Crippen molar-refractivity contribution in [1.29, 1.82) is 0 Å². The van der Waals surface area contributed by atoms with Gasteiger partial charge in [0.1, 0.15) is 0 Å². The third-order valence-electron chi connectivity index (χ3n) is 5.96. The molecule has 0 aliphatic rings. The number of nitrogens with zero attached hydrogens (tertiary/aromatic N) is 8. The maximum absolute atomic E-state index is 4.87. The first-order valence-corrected chi connectivity index (χ1v) is 9.78. The molecule has 154 valence electrons. The van der Waals surface area contributed by atoms with Crippen molar-refractivity contribution in [3.63, 3.8) is 0 Å². The van der Waals surface area contributed by atoms with E-state index in [1.807, 2.05) is 26.0 Å². The Morgan fingerprint density at radius 2 is 1.03 bits per heavy atom. The molecule has 0 spiro atoms. The number of hydrogen-bond acceptors (Lipinski definition) is 6. The monoisotopic (exact) mass is 464 g/mol. The molecule has 9 heteroatoms.